The molecule has 1 aliphatic rings. The molecule has 2 aromatic carbocycles. The molecule has 0 bridgehead atoms. The molecule has 3 rings (SSSR count). The number of rotatable bonds is 7. The lowest BCUT2D eigenvalue weighted by Crippen LogP contribution is -2.49. The largest absolute Gasteiger partial charge is 0.573 e. The van der Waals surface area contributed by atoms with Crippen LogP contribution in [0.15, 0.2) is 36.4 Å². The molecule has 1 unspecified atom stereocenters. The van der Waals surface area contributed by atoms with Crippen molar-refractivity contribution in [2.24, 2.45) is 0 Å². The average Bonchev–Trinajstić information content (AvgIpc) is 3.12. The van der Waals surface area contributed by atoms with Gasteiger partial charge in [-0.1, -0.05) is 25.1 Å². The number of nitrogens with one attached hydrogen (secondary N) is 1. The maximum atomic E-state index is 12.6. The molecule has 0 radical (unpaired) electrons. The topological polar surface area (TPSA) is 101 Å². The zero-order chi connectivity index (χ0) is 23.5. The summed E-state index contributed by atoms with van der Waals surface area (Å²) >= 11 is 0. The first kappa shape index (κ1) is 23.4. The van der Waals surface area contributed by atoms with E-state index in [1.807, 2.05) is 13.0 Å². The third-order valence-electron chi connectivity index (χ3n) is 4.91. The van der Waals surface area contributed by atoms with E-state index in [4.69, 9.17) is 9.39 Å². The Morgan fingerprint density at radius 1 is 1.28 bits per heavy atom. The van der Waals surface area contributed by atoms with E-state index in [2.05, 4.69) is 10.1 Å². The van der Waals surface area contributed by atoms with E-state index in [-0.39, 0.29) is 18.8 Å². The van der Waals surface area contributed by atoms with Crippen molar-refractivity contribution < 1.29 is 37.1 Å². The van der Waals surface area contributed by atoms with E-state index in [9.17, 15) is 28.3 Å². The SMILES string of the molecule is CCc1c(OCC(C)(C#N)NC(=O)c2ccccc2OC(F)(F)F)ccc2c1B(O)OC2. The van der Waals surface area contributed by atoms with Gasteiger partial charge in [-0.2, -0.15) is 5.26 Å². The first-order valence-electron chi connectivity index (χ1n) is 9.72. The van der Waals surface area contributed by atoms with Gasteiger partial charge in [-0.3, -0.25) is 4.79 Å². The number of fused-ring (bicyclic) bond motifs is 1. The van der Waals surface area contributed by atoms with Gasteiger partial charge >= 0.3 is 13.5 Å². The highest BCUT2D eigenvalue weighted by atomic mass is 19.4. The van der Waals surface area contributed by atoms with Gasteiger partial charge in [0.2, 0.25) is 0 Å². The third-order valence-corrected chi connectivity index (χ3v) is 4.91. The summed E-state index contributed by atoms with van der Waals surface area (Å²) in [6, 6.07) is 10.2. The average molecular weight is 448 g/mol. The predicted octanol–water partition coefficient (Wildman–Crippen LogP) is 2.46. The molecule has 1 aliphatic heterocycles. The molecule has 0 aromatic heterocycles. The van der Waals surface area contributed by atoms with Gasteiger partial charge in [0.1, 0.15) is 18.1 Å². The van der Waals surface area contributed by atoms with Crippen LogP contribution in [0, 0.1) is 11.3 Å². The van der Waals surface area contributed by atoms with Crippen LogP contribution in [0.4, 0.5) is 13.2 Å². The number of benzene rings is 2. The Hall–Kier alpha value is -3.23. The number of ether oxygens (including phenoxy) is 2. The number of carbonyl (C=O) groups excluding carboxylic acids is 1. The van der Waals surface area contributed by atoms with Crippen LogP contribution in [0.3, 0.4) is 0 Å². The van der Waals surface area contributed by atoms with Crippen molar-refractivity contribution in [3.8, 4) is 17.6 Å². The normalized spacial score (nSPS) is 14.8. The number of nitriles is 1. The van der Waals surface area contributed by atoms with Crippen molar-refractivity contribution in [2.45, 2.75) is 38.8 Å². The van der Waals surface area contributed by atoms with E-state index in [0.717, 1.165) is 17.7 Å². The Kier molecular flexibility index (Phi) is 6.67. The quantitative estimate of drug-likeness (QED) is 0.632. The van der Waals surface area contributed by atoms with Crippen molar-refractivity contribution in [1.29, 1.82) is 5.26 Å². The van der Waals surface area contributed by atoms with E-state index in [1.165, 1.54) is 19.1 Å². The fourth-order valence-corrected chi connectivity index (χ4v) is 3.38. The summed E-state index contributed by atoms with van der Waals surface area (Å²) < 4.78 is 52.8. The molecule has 0 saturated heterocycles. The van der Waals surface area contributed by atoms with Gasteiger partial charge in [0, 0.05) is 0 Å². The predicted molar refractivity (Wildman–Crippen MR) is 108 cm³/mol. The molecule has 1 heterocycles. The van der Waals surface area contributed by atoms with Crippen LogP contribution in [0.25, 0.3) is 0 Å². The Balaban J connectivity index is 1.78. The molecule has 2 N–H and O–H groups in total. The molecule has 0 aliphatic carbocycles. The molecule has 2 aromatic rings. The fraction of sp³-hybridized carbons (Fsp3) is 0.333. The van der Waals surface area contributed by atoms with E-state index in [0.29, 0.717) is 23.2 Å². The second kappa shape index (κ2) is 9.10. The molecule has 7 nitrogen and oxygen atoms in total. The van der Waals surface area contributed by atoms with Gasteiger partial charge < -0.3 is 24.5 Å². The Morgan fingerprint density at radius 2 is 2.00 bits per heavy atom. The summed E-state index contributed by atoms with van der Waals surface area (Å²) in [5.41, 5.74) is 0.216. The standard InChI is InChI=1S/C21H20BF3N2O5/c1-3-14-16(9-8-13-10-31-22(29)18(13)14)30-12-20(2,11-26)27-19(28)15-6-4-5-7-17(15)32-21(23,24)25/h4-9,29H,3,10,12H2,1-2H3,(H,27,28). The minimum absolute atomic E-state index is 0.273. The summed E-state index contributed by atoms with van der Waals surface area (Å²) in [7, 11) is -1.07. The second-order valence-corrected chi connectivity index (χ2v) is 7.36. The molecule has 0 saturated carbocycles. The number of alkyl halides is 3. The van der Waals surface area contributed by atoms with Crippen LogP contribution in [-0.2, 0) is 17.7 Å². The summed E-state index contributed by atoms with van der Waals surface area (Å²) in [5.74, 6) is -1.20. The first-order chi connectivity index (χ1) is 15.1. The summed E-state index contributed by atoms with van der Waals surface area (Å²) in [5, 5.41) is 22.1. The van der Waals surface area contributed by atoms with Gasteiger partial charge in [-0.15, -0.1) is 13.2 Å². The van der Waals surface area contributed by atoms with Crippen molar-refractivity contribution in [2.75, 3.05) is 6.61 Å². The van der Waals surface area contributed by atoms with Crippen LogP contribution in [0.2, 0.25) is 0 Å². The zero-order valence-corrected chi connectivity index (χ0v) is 17.3. The fourth-order valence-electron chi connectivity index (χ4n) is 3.38. The molecule has 32 heavy (non-hydrogen) atoms. The minimum Gasteiger partial charge on any atom is -0.490 e. The van der Waals surface area contributed by atoms with Gasteiger partial charge in [0.25, 0.3) is 5.91 Å². The van der Waals surface area contributed by atoms with Crippen LogP contribution >= 0.6 is 0 Å². The minimum atomic E-state index is -4.98. The lowest BCUT2D eigenvalue weighted by atomic mass is 9.75. The number of para-hydroxylation sites is 1. The van der Waals surface area contributed by atoms with E-state index >= 15 is 0 Å². The van der Waals surface area contributed by atoms with Crippen LogP contribution in [0.1, 0.15) is 35.3 Å². The molecular formula is C21H20BF3N2O5. The zero-order valence-electron chi connectivity index (χ0n) is 17.3. The van der Waals surface area contributed by atoms with Gasteiger partial charge in [0.05, 0.1) is 18.2 Å². The highest BCUT2D eigenvalue weighted by molar-refractivity contribution is 6.62. The van der Waals surface area contributed by atoms with Gasteiger partial charge in [0.15, 0.2) is 5.54 Å². The van der Waals surface area contributed by atoms with Crippen LogP contribution in [0.5, 0.6) is 11.5 Å². The smallest absolute Gasteiger partial charge is 0.490 e. The molecule has 1 amide bonds. The highest BCUT2D eigenvalue weighted by Gasteiger charge is 2.35. The number of carbonyl (C=O) groups is 1. The highest BCUT2D eigenvalue weighted by Crippen LogP contribution is 2.27. The Bertz CT molecular complexity index is 1060. The lowest BCUT2D eigenvalue weighted by Gasteiger charge is -2.25. The number of hydrogen-bond donors (Lipinski definition) is 2. The second-order valence-electron chi connectivity index (χ2n) is 7.36. The first-order valence-corrected chi connectivity index (χ1v) is 9.72. The molecule has 0 spiro atoms. The summed E-state index contributed by atoms with van der Waals surface area (Å²) in [4.78, 5) is 12.6. The maximum absolute atomic E-state index is 12.6. The van der Waals surface area contributed by atoms with E-state index < -0.39 is 30.7 Å². The number of amides is 1. The van der Waals surface area contributed by atoms with Crippen molar-refractivity contribution in [1.82, 2.24) is 5.32 Å². The number of halogens is 3. The van der Waals surface area contributed by atoms with Crippen molar-refractivity contribution in [3.63, 3.8) is 0 Å². The third kappa shape index (κ3) is 5.15. The Morgan fingerprint density at radius 3 is 2.66 bits per heavy atom. The molecule has 11 heteroatoms. The molecular weight excluding hydrogens is 428 g/mol. The number of hydrogen-bond acceptors (Lipinski definition) is 6. The van der Waals surface area contributed by atoms with Crippen molar-refractivity contribution >= 4 is 18.5 Å². The Labute approximate surface area is 182 Å². The van der Waals surface area contributed by atoms with Gasteiger partial charge in [-0.25, -0.2) is 0 Å². The maximum Gasteiger partial charge on any atom is 0.573 e. The monoisotopic (exact) mass is 448 g/mol. The van der Waals surface area contributed by atoms with Gasteiger partial charge in [-0.05, 0) is 48.1 Å². The summed E-state index contributed by atoms with van der Waals surface area (Å²) in [6.07, 6.45) is -4.45. The number of nitrogens with zero attached hydrogens (tertiary/aromatic N) is 1. The van der Waals surface area contributed by atoms with E-state index in [1.54, 1.807) is 12.1 Å². The molecule has 168 valence electrons. The van der Waals surface area contributed by atoms with Crippen LogP contribution < -0.4 is 20.3 Å². The lowest BCUT2D eigenvalue weighted by molar-refractivity contribution is -0.274. The van der Waals surface area contributed by atoms with Crippen molar-refractivity contribution in [3.05, 3.63) is 53.1 Å². The molecule has 1 atom stereocenters. The summed E-state index contributed by atoms with van der Waals surface area (Å²) in [6.45, 7) is 3.24. The molecule has 0 fully saturated rings. The van der Waals surface area contributed by atoms with Crippen LogP contribution in [-0.4, -0.2) is 36.6 Å².